The number of Topliss-reactive ketones (excluding diaryl/α,β-unsaturated/α-hetero) is 2. The van der Waals surface area contributed by atoms with Crippen LogP contribution in [0, 0.1) is 5.92 Å². The van der Waals surface area contributed by atoms with Gasteiger partial charge in [0.1, 0.15) is 18.0 Å². The number of aliphatic carboxylic acids is 1. The number of nitrogens with one attached hydrogen (secondary N) is 1. The lowest BCUT2D eigenvalue weighted by molar-refractivity contribution is -0.140. The van der Waals surface area contributed by atoms with Gasteiger partial charge in [0.05, 0.1) is 0 Å². The van der Waals surface area contributed by atoms with Gasteiger partial charge in [0.2, 0.25) is 5.91 Å². The van der Waals surface area contributed by atoms with E-state index in [0.717, 1.165) is 38.5 Å². The van der Waals surface area contributed by atoms with Gasteiger partial charge in [-0.15, -0.1) is 0 Å². The number of hydrogen-bond donors (Lipinski definition) is 2. The zero-order valence-corrected chi connectivity index (χ0v) is 26.2. The Balaban J connectivity index is 4.21. The van der Waals surface area contributed by atoms with E-state index < -0.39 is 24.2 Å². The zero-order valence-electron chi connectivity index (χ0n) is 26.2. The summed E-state index contributed by atoms with van der Waals surface area (Å²) in [5, 5.41) is 11.4. The molecule has 0 aliphatic heterocycles. The van der Waals surface area contributed by atoms with Gasteiger partial charge in [0.15, 0.2) is 0 Å². The van der Waals surface area contributed by atoms with E-state index in [0.29, 0.717) is 12.8 Å². The number of carboxylic acids is 1. The number of rotatable bonds is 31. The molecule has 0 aliphatic carbocycles. The lowest BCUT2D eigenvalue weighted by Crippen LogP contribution is -2.35. The van der Waals surface area contributed by atoms with Gasteiger partial charge in [0, 0.05) is 31.7 Å². The van der Waals surface area contributed by atoms with Crippen LogP contribution in [0.3, 0.4) is 0 Å². The minimum atomic E-state index is -1.20. The summed E-state index contributed by atoms with van der Waals surface area (Å²) in [6.45, 7) is 4.52. The van der Waals surface area contributed by atoms with Crippen LogP contribution < -0.4 is 5.32 Å². The molecule has 0 saturated carbocycles. The van der Waals surface area contributed by atoms with Crippen LogP contribution in [0.5, 0.6) is 0 Å². The van der Waals surface area contributed by atoms with Crippen LogP contribution in [0.4, 0.5) is 0 Å². The summed E-state index contributed by atoms with van der Waals surface area (Å²) in [5.74, 6) is -2.28. The van der Waals surface area contributed by atoms with Crippen molar-refractivity contribution in [1.82, 2.24) is 5.32 Å². The van der Waals surface area contributed by atoms with E-state index in [9.17, 15) is 19.2 Å². The molecule has 0 saturated heterocycles. The van der Waals surface area contributed by atoms with E-state index in [-0.39, 0.29) is 24.5 Å². The number of hydrogen-bond acceptors (Lipinski definition) is 4. The molecule has 6 nitrogen and oxygen atoms in total. The minimum Gasteiger partial charge on any atom is -0.481 e. The Morgan fingerprint density at radius 3 is 1.32 bits per heavy atom. The van der Waals surface area contributed by atoms with Crippen molar-refractivity contribution in [3.8, 4) is 0 Å². The molecule has 0 fully saturated rings. The van der Waals surface area contributed by atoms with Gasteiger partial charge in [-0.3, -0.25) is 19.2 Å². The van der Waals surface area contributed by atoms with Crippen molar-refractivity contribution < 1.29 is 24.3 Å². The molecular formula is C34H63NO5. The molecule has 0 aromatic carbocycles. The summed E-state index contributed by atoms with van der Waals surface area (Å²) in [7, 11) is 0. The van der Waals surface area contributed by atoms with Crippen molar-refractivity contribution in [2.24, 2.45) is 5.92 Å². The maximum atomic E-state index is 12.9. The van der Waals surface area contributed by atoms with E-state index in [1.807, 2.05) is 0 Å². The lowest BCUT2D eigenvalue weighted by atomic mass is 9.92. The normalized spacial score (nSPS) is 11.8. The second-order valence-electron chi connectivity index (χ2n) is 11.9. The Kier molecular flexibility index (Phi) is 27.6. The molecule has 0 radical (unpaired) electrons. The molecule has 40 heavy (non-hydrogen) atoms. The Bertz CT molecular complexity index is 648. The van der Waals surface area contributed by atoms with Gasteiger partial charge in [-0.05, 0) is 12.8 Å². The number of unbranched alkanes of at least 4 members (excludes halogenated alkanes) is 20. The Labute approximate surface area is 246 Å². The van der Waals surface area contributed by atoms with Crippen LogP contribution in [-0.2, 0) is 19.2 Å². The molecule has 6 heteroatoms. The van der Waals surface area contributed by atoms with Crippen molar-refractivity contribution in [3.05, 3.63) is 0 Å². The number of ketones is 2. The number of carbonyl (C=O) groups is 4. The molecule has 0 heterocycles. The Morgan fingerprint density at radius 1 is 0.550 bits per heavy atom. The van der Waals surface area contributed by atoms with Crippen molar-refractivity contribution in [2.75, 3.05) is 6.54 Å². The maximum absolute atomic E-state index is 12.9. The highest BCUT2D eigenvalue weighted by atomic mass is 16.4. The summed E-state index contributed by atoms with van der Waals surface area (Å²) in [5.41, 5.74) is 0. The minimum absolute atomic E-state index is 0.0128. The van der Waals surface area contributed by atoms with Gasteiger partial charge >= 0.3 is 5.97 Å². The molecule has 1 amide bonds. The van der Waals surface area contributed by atoms with Crippen LogP contribution in [0.15, 0.2) is 0 Å². The molecule has 0 spiro atoms. The largest absolute Gasteiger partial charge is 0.481 e. The van der Waals surface area contributed by atoms with Crippen LogP contribution in [0.1, 0.15) is 181 Å². The predicted octanol–water partition coefficient (Wildman–Crippen LogP) is 9.12. The lowest BCUT2D eigenvalue weighted by Gasteiger charge is -2.16. The zero-order chi connectivity index (χ0) is 29.7. The molecule has 0 aromatic rings. The molecule has 0 rings (SSSR count). The standard InChI is InChI=1S/C34H63NO5/c1-3-5-7-9-11-13-15-17-19-21-23-25-31(36)27-30(29-35-33(38)28-34(39)40)32(37)26-24-22-20-18-16-14-12-10-8-6-4-2/h30H,3-29H2,1-2H3,(H,35,38)(H,39,40). The highest BCUT2D eigenvalue weighted by Gasteiger charge is 2.22. The van der Waals surface area contributed by atoms with Gasteiger partial charge in [0.25, 0.3) is 0 Å². The summed E-state index contributed by atoms with van der Waals surface area (Å²) in [4.78, 5) is 48.2. The fourth-order valence-corrected chi connectivity index (χ4v) is 5.27. The summed E-state index contributed by atoms with van der Waals surface area (Å²) < 4.78 is 0. The highest BCUT2D eigenvalue weighted by molar-refractivity contribution is 5.94. The SMILES string of the molecule is CCCCCCCCCCCCCC(=O)CC(CNC(=O)CC(=O)O)C(=O)CCCCCCCCCCCCC. The second kappa shape index (κ2) is 28.8. The van der Waals surface area contributed by atoms with Crippen molar-refractivity contribution in [2.45, 2.75) is 181 Å². The fourth-order valence-electron chi connectivity index (χ4n) is 5.27. The maximum Gasteiger partial charge on any atom is 0.312 e. The van der Waals surface area contributed by atoms with Gasteiger partial charge < -0.3 is 10.4 Å². The first-order valence-electron chi connectivity index (χ1n) is 16.9. The smallest absolute Gasteiger partial charge is 0.312 e. The second-order valence-corrected chi connectivity index (χ2v) is 11.9. The first-order chi connectivity index (χ1) is 19.4. The third-order valence-electron chi connectivity index (χ3n) is 7.87. The summed E-state index contributed by atoms with van der Waals surface area (Å²) >= 11 is 0. The molecule has 0 aliphatic rings. The third kappa shape index (κ3) is 26.5. The monoisotopic (exact) mass is 565 g/mol. The van der Waals surface area contributed by atoms with E-state index in [4.69, 9.17) is 5.11 Å². The average Bonchev–Trinajstić information content (AvgIpc) is 2.92. The van der Waals surface area contributed by atoms with Crippen LogP contribution in [-0.4, -0.2) is 35.1 Å². The summed E-state index contributed by atoms with van der Waals surface area (Å²) in [6, 6.07) is 0. The number of amides is 1. The molecular weight excluding hydrogens is 502 g/mol. The third-order valence-corrected chi connectivity index (χ3v) is 7.87. The van der Waals surface area contributed by atoms with E-state index in [1.54, 1.807) is 0 Å². The fraction of sp³-hybridized carbons (Fsp3) is 0.882. The van der Waals surface area contributed by atoms with E-state index in [2.05, 4.69) is 19.2 Å². The number of carbonyl (C=O) groups excluding carboxylic acids is 3. The molecule has 2 N–H and O–H groups in total. The quantitative estimate of drug-likeness (QED) is 0.0645. The number of carboxylic acid groups (broad SMARTS) is 1. The van der Waals surface area contributed by atoms with Crippen LogP contribution >= 0.6 is 0 Å². The highest BCUT2D eigenvalue weighted by Crippen LogP contribution is 2.17. The van der Waals surface area contributed by atoms with Gasteiger partial charge in [-0.1, -0.05) is 142 Å². The van der Waals surface area contributed by atoms with Crippen molar-refractivity contribution >= 4 is 23.4 Å². The van der Waals surface area contributed by atoms with Crippen LogP contribution in [0.25, 0.3) is 0 Å². The Hall–Kier alpha value is -1.72. The molecule has 1 unspecified atom stereocenters. The molecule has 234 valence electrons. The topological polar surface area (TPSA) is 101 Å². The average molecular weight is 566 g/mol. The molecule has 0 bridgehead atoms. The van der Waals surface area contributed by atoms with Crippen molar-refractivity contribution in [3.63, 3.8) is 0 Å². The first kappa shape index (κ1) is 38.3. The van der Waals surface area contributed by atoms with E-state index in [1.165, 1.54) is 103 Å². The Morgan fingerprint density at radius 2 is 0.925 bits per heavy atom. The molecule has 0 aromatic heterocycles. The van der Waals surface area contributed by atoms with Crippen molar-refractivity contribution in [1.29, 1.82) is 0 Å². The first-order valence-corrected chi connectivity index (χ1v) is 16.9. The van der Waals surface area contributed by atoms with Crippen LogP contribution in [0.2, 0.25) is 0 Å². The van der Waals surface area contributed by atoms with Gasteiger partial charge in [-0.2, -0.15) is 0 Å². The van der Waals surface area contributed by atoms with E-state index >= 15 is 0 Å². The summed E-state index contributed by atoms with van der Waals surface area (Å²) in [6.07, 6.45) is 27.2. The predicted molar refractivity (Wildman–Crippen MR) is 166 cm³/mol. The van der Waals surface area contributed by atoms with Gasteiger partial charge in [-0.25, -0.2) is 0 Å². The molecule has 1 atom stereocenters.